The minimum atomic E-state index is -0.443. The fourth-order valence-electron chi connectivity index (χ4n) is 5.14. The van der Waals surface area contributed by atoms with Gasteiger partial charge in [-0.1, -0.05) is 29.8 Å². The lowest BCUT2D eigenvalue weighted by molar-refractivity contribution is 0.0918. The van der Waals surface area contributed by atoms with Gasteiger partial charge in [-0.15, -0.1) is 0 Å². The smallest absolute Gasteiger partial charge is 0.255 e. The summed E-state index contributed by atoms with van der Waals surface area (Å²) in [5, 5.41) is 20.5. The third-order valence-corrected chi connectivity index (χ3v) is 7.76. The van der Waals surface area contributed by atoms with E-state index in [1.807, 2.05) is 76.2 Å². The predicted molar refractivity (Wildman–Crippen MR) is 190 cm³/mol. The molecule has 2 amide bonds. The van der Waals surface area contributed by atoms with Crippen molar-refractivity contribution in [2.24, 2.45) is 0 Å². The van der Waals surface area contributed by atoms with E-state index in [1.165, 1.54) is 0 Å². The van der Waals surface area contributed by atoms with Crippen LogP contribution in [0, 0.1) is 6.92 Å². The number of nitrogens with one attached hydrogen (secondary N) is 6. The van der Waals surface area contributed by atoms with Gasteiger partial charge in [0.2, 0.25) is 0 Å². The van der Waals surface area contributed by atoms with E-state index in [4.69, 9.17) is 28.9 Å². The van der Waals surface area contributed by atoms with Crippen molar-refractivity contribution in [1.29, 1.82) is 0 Å². The van der Waals surface area contributed by atoms with Gasteiger partial charge in [-0.3, -0.25) is 9.59 Å². The number of aryl methyl sites for hydroxylation is 1. The monoisotopic (exact) mass is 642 g/mol. The second-order valence-electron chi connectivity index (χ2n) is 12.1. The van der Waals surface area contributed by atoms with Gasteiger partial charge in [-0.25, -0.2) is 0 Å². The Balaban J connectivity index is 1.76. The van der Waals surface area contributed by atoms with Crippen molar-refractivity contribution in [1.82, 2.24) is 21.3 Å². The lowest BCUT2D eigenvalue weighted by Crippen LogP contribution is -2.40. The van der Waals surface area contributed by atoms with Gasteiger partial charge in [0.25, 0.3) is 11.8 Å². The van der Waals surface area contributed by atoms with Crippen LogP contribution in [0.5, 0.6) is 0 Å². The first-order valence-corrected chi connectivity index (χ1v) is 15.7. The summed E-state index contributed by atoms with van der Waals surface area (Å²) >= 11 is 11.3. The number of furan rings is 1. The normalized spacial score (nSPS) is 14.1. The van der Waals surface area contributed by atoms with Gasteiger partial charge in [-0.05, 0) is 94.8 Å². The summed E-state index contributed by atoms with van der Waals surface area (Å²) < 4.78 is 6.39. The number of rotatable bonds is 3. The molecular formula is C34H38N6O3S2. The number of benzene rings is 3. The first kappa shape index (κ1) is 31.9. The largest absolute Gasteiger partial charge is 0.455 e. The van der Waals surface area contributed by atoms with Crippen LogP contribution in [0.2, 0.25) is 0 Å². The van der Waals surface area contributed by atoms with Crippen LogP contribution >= 0.6 is 24.4 Å². The fourth-order valence-corrected chi connectivity index (χ4v) is 5.57. The van der Waals surface area contributed by atoms with Crippen molar-refractivity contribution in [3.05, 3.63) is 71.3 Å². The molecule has 1 aliphatic heterocycles. The molecule has 0 unspecified atom stereocenters. The Kier molecular flexibility index (Phi) is 9.40. The Morgan fingerprint density at radius 2 is 1.51 bits per heavy atom. The van der Waals surface area contributed by atoms with Crippen molar-refractivity contribution in [3.8, 4) is 22.5 Å². The molecular weight excluding hydrogens is 605 g/mol. The highest BCUT2D eigenvalue weighted by atomic mass is 32.1. The molecule has 0 fully saturated rings. The predicted octanol–water partition coefficient (Wildman–Crippen LogP) is 6.33. The maximum Gasteiger partial charge on any atom is 0.255 e. The Morgan fingerprint density at radius 1 is 0.844 bits per heavy atom. The van der Waals surface area contributed by atoms with Crippen molar-refractivity contribution >= 4 is 68.8 Å². The molecule has 2 bridgehead atoms. The summed E-state index contributed by atoms with van der Waals surface area (Å²) in [6.07, 6.45) is 1.76. The van der Waals surface area contributed by atoms with Gasteiger partial charge >= 0.3 is 0 Å². The van der Waals surface area contributed by atoms with Crippen molar-refractivity contribution in [2.45, 2.75) is 46.1 Å². The molecule has 0 aliphatic carbocycles. The van der Waals surface area contributed by atoms with Crippen LogP contribution in [0.3, 0.4) is 0 Å². The minimum absolute atomic E-state index is 0.229. The van der Waals surface area contributed by atoms with Gasteiger partial charge in [0, 0.05) is 59.5 Å². The van der Waals surface area contributed by atoms with E-state index in [0.29, 0.717) is 68.1 Å². The summed E-state index contributed by atoms with van der Waals surface area (Å²) in [5.41, 5.74) is 5.55. The van der Waals surface area contributed by atoms with E-state index in [9.17, 15) is 9.59 Å². The van der Waals surface area contributed by atoms with Crippen LogP contribution in [-0.4, -0.2) is 47.7 Å². The first-order chi connectivity index (χ1) is 21.4. The average Bonchev–Trinajstić information content (AvgIpc) is 3.35. The highest BCUT2D eigenvalue weighted by Crippen LogP contribution is 2.40. The SMILES string of the molecule is CNC(=O)c1c(-c2ccc(C)cc2)oc2cc3c(cc12)-c1cc(cc(C(=O)NC(C)(C)C)c1)NC(=S)NCCCCNC(=S)N3. The molecule has 0 saturated heterocycles. The zero-order valence-corrected chi connectivity index (χ0v) is 27.7. The summed E-state index contributed by atoms with van der Waals surface area (Å²) in [7, 11) is 1.60. The Labute approximate surface area is 273 Å². The molecule has 1 aromatic heterocycles. The van der Waals surface area contributed by atoms with Gasteiger partial charge in [0.1, 0.15) is 11.3 Å². The van der Waals surface area contributed by atoms with E-state index in [2.05, 4.69) is 31.9 Å². The molecule has 0 radical (unpaired) electrons. The standard InChI is InChI=1S/C34H38N6O3S2/c1-19-8-10-20(11-9-19)29-28(31(42)35-5)25-17-24-21-14-22(30(41)40-34(2,3)4)16-23(15-21)38-32(44)36-12-6-7-13-37-33(45)39-26(24)18-27(25)43-29/h8-11,14-18H,6-7,12-13H2,1-5H3,(H,35,42)(H,40,41)(H2,36,38,44)(H2,37,39,45). The van der Waals surface area contributed by atoms with Crippen LogP contribution in [0.4, 0.5) is 11.4 Å². The molecule has 4 aromatic rings. The second kappa shape index (κ2) is 13.3. The maximum atomic E-state index is 13.4. The molecule has 45 heavy (non-hydrogen) atoms. The number of carbonyl (C=O) groups excluding carboxylic acids is 2. The number of anilines is 2. The third kappa shape index (κ3) is 7.61. The van der Waals surface area contributed by atoms with Crippen LogP contribution in [0.15, 0.2) is 59.0 Å². The van der Waals surface area contributed by atoms with Gasteiger partial charge in [0.05, 0.1) is 11.3 Å². The number of amides is 2. The molecule has 0 spiro atoms. The van der Waals surface area contributed by atoms with Gasteiger partial charge < -0.3 is 36.3 Å². The van der Waals surface area contributed by atoms with Gasteiger partial charge in [0.15, 0.2) is 10.2 Å². The zero-order chi connectivity index (χ0) is 32.3. The van der Waals surface area contributed by atoms with E-state index < -0.39 is 5.54 Å². The molecule has 0 atom stereocenters. The quantitative estimate of drug-likeness (QED) is 0.143. The molecule has 5 rings (SSSR count). The topological polar surface area (TPSA) is 119 Å². The molecule has 11 heteroatoms. The van der Waals surface area contributed by atoms with E-state index in [1.54, 1.807) is 13.1 Å². The van der Waals surface area contributed by atoms with Crippen LogP contribution in [-0.2, 0) is 0 Å². The first-order valence-electron chi connectivity index (χ1n) is 14.9. The lowest BCUT2D eigenvalue weighted by Gasteiger charge is -2.21. The average molecular weight is 643 g/mol. The molecule has 3 aromatic carbocycles. The van der Waals surface area contributed by atoms with Crippen molar-refractivity contribution in [2.75, 3.05) is 30.8 Å². The molecule has 9 nitrogen and oxygen atoms in total. The molecule has 234 valence electrons. The van der Waals surface area contributed by atoms with E-state index in [0.717, 1.165) is 29.5 Å². The lowest BCUT2D eigenvalue weighted by atomic mass is 9.96. The number of hydrogen-bond donors (Lipinski definition) is 6. The van der Waals surface area contributed by atoms with Gasteiger partial charge in [-0.2, -0.15) is 0 Å². The molecule has 2 heterocycles. The fraction of sp³-hybridized carbons (Fsp3) is 0.294. The van der Waals surface area contributed by atoms with Crippen LogP contribution < -0.4 is 31.9 Å². The van der Waals surface area contributed by atoms with Crippen molar-refractivity contribution < 1.29 is 14.0 Å². The zero-order valence-electron chi connectivity index (χ0n) is 26.1. The molecule has 0 saturated carbocycles. The Morgan fingerprint density at radius 3 is 2.16 bits per heavy atom. The summed E-state index contributed by atoms with van der Waals surface area (Å²) in [6, 6.07) is 17.1. The summed E-state index contributed by atoms with van der Waals surface area (Å²) in [6.45, 7) is 9.17. The van der Waals surface area contributed by atoms with Crippen molar-refractivity contribution in [3.63, 3.8) is 0 Å². The third-order valence-electron chi connectivity index (χ3n) is 7.27. The minimum Gasteiger partial charge on any atom is -0.455 e. The van der Waals surface area contributed by atoms with Crippen LogP contribution in [0.25, 0.3) is 33.4 Å². The molecule has 6 N–H and O–H groups in total. The number of thiocarbonyl (C=S) groups is 2. The summed E-state index contributed by atoms with van der Waals surface area (Å²) in [4.78, 5) is 26.8. The number of fused-ring (bicyclic) bond motifs is 5. The second-order valence-corrected chi connectivity index (χ2v) is 12.9. The number of hydrogen-bond acceptors (Lipinski definition) is 5. The van der Waals surface area contributed by atoms with E-state index >= 15 is 0 Å². The highest BCUT2D eigenvalue weighted by molar-refractivity contribution is 7.80. The Bertz CT molecular complexity index is 1790. The van der Waals surface area contributed by atoms with E-state index in [-0.39, 0.29) is 11.8 Å². The summed E-state index contributed by atoms with van der Waals surface area (Å²) in [5.74, 6) is -0.0380. The maximum absolute atomic E-state index is 13.4. The van der Waals surface area contributed by atoms with Crippen LogP contribution in [0.1, 0.15) is 59.9 Å². The highest BCUT2D eigenvalue weighted by Gasteiger charge is 2.25. The molecule has 1 aliphatic rings. The number of carbonyl (C=O) groups is 2. The Hall–Kier alpha value is -4.48.